The number of benzene rings is 2. The first kappa shape index (κ1) is 18.6. The fourth-order valence-corrected chi connectivity index (χ4v) is 2.78. The van der Waals surface area contributed by atoms with Crippen LogP contribution in [-0.2, 0) is 13.1 Å². The number of halogens is 1. The highest BCUT2D eigenvalue weighted by molar-refractivity contribution is 5.79. The van der Waals surface area contributed by atoms with E-state index in [9.17, 15) is 4.39 Å². The highest BCUT2D eigenvalue weighted by atomic mass is 19.1. The van der Waals surface area contributed by atoms with Crippen molar-refractivity contribution in [1.29, 1.82) is 0 Å². The minimum absolute atomic E-state index is 0.283. The van der Waals surface area contributed by atoms with E-state index in [1.165, 1.54) is 11.6 Å². The van der Waals surface area contributed by atoms with Crippen molar-refractivity contribution in [3.8, 4) is 5.69 Å². The molecule has 2 aromatic carbocycles. The molecule has 0 radical (unpaired) electrons. The summed E-state index contributed by atoms with van der Waals surface area (Å²) in [6.07, 6.45) is 4.93. The summed E-state index contributed by atoms with van der Waals surface area (Å²) in [6, 6.07) is 13.5. The van der Waals surface area contributed by atoms with Crippen LogP contribution in [-0.4, -0.2) is 22.1 Å². The summed E-state index contributed by atoms with van der Waals surface area (Å²) >= 11 is 0. The lowest BCUT2D eigenvalue weighted by Gasteiger charge is -2.12. The van der Waals surface area contributed by atoms with Crippen molar-refractivity contribution in [3.63, 3.8) is 0 Å². The van der Waals surface area contributed by atoms with Gasteiger partial charge in [-0.3, -0.25) is 0 Å². The quantitative estimate of drug-likeness (QED) is 0.519. The molecule has 140 valence electrons. The molecule has 6 heteroatoms. The zero-order valence-corrected chi connectivity index (χ0v) is 15.6. The van der Waals surface area contributed by atoms with Crippen LogP contribution in [0.5, 0.6) is 0 Å². The van der Waals surface area contributed by atoms with E-state index in [4.69, 9.17) is 0 Å². The van der Waals surface area contributed by atoms with E-state index in [0.29, 0.717) is 24.7 Å². The van der Waals surface area contributed by atoms with E-state index in [2.05, 4.69) is 45.7 Å². The summed E-state index contributed by atoms with van der Waals surface area (Å²) in [5.74, 6) is 0.423. The fourth-order valence-electron chi connectivity index (χ4n) is 2.78. The Kier molecular flexibility index (Phi) is 6.20. The van der Waals surface area contributed by atoms with Crippen LogP contribution in [0.1, 0.15) is 23.6 Å². The number of aryl methyl sites for hydroxylation is 1. The van der Waals surface area contributed by atoms with Crippen molar-refractivity contribution in [1.82, 2.24) is 20.2 Å². The molecule has 0 fully saturated rings. The first-order valence-electron chi connectivity index (χ1n) is 9.00. The van der Waals surface area contributed by atoms with Gasteiger partial charge < -0.3 is 15.2 Å². The number of imidazole rings is 1. The van der Waals surface area contributed by atoms with Crippen LogP contribution in [0.2, 0.25) is 0 Å². The number of hydrogen-bond acceptors (Lipinski definition) is 2. The number of hydrogen-bond donors (Lipinski definition) is 2. The molecule has 5 nitrogen and oxygen atoms in total. The monoisotopic (exact) mass is 365 g/mol. The van der Waals surface area contributed by atoms with E-state index >= 15 is 0 Å². The highest BCUT2D eigenvalue weighted by Gasteiger charge is 2.06. The van der Waals surface area contributed by atoms with E-state index in [0.717, 1.165) is 17.7 Å². The molecule has 0 spiro atoms. The standard InChI is InChI=1S/C21H24FN5/c1-3-24-21(25-13-17-6-4-5-16(2)11-17)26-14-18-7-8-20(19(22)12-18)27-10-9-23-15-27/h4-12,15H,3,13-14H2,1-2H3,(H2,24,25,26). The Balaban J connectivity index is 1.65. The topological polar surface area (TPSA) is 54.2 Å². The molecule has 0 saturated heterocycles. The number of nitrogens with zero attached hydrogens (tertiary/aromatic N) is 3. The summed E-state index contributed by atoms with van der Waals surface area (Å²) in [5, 5.41) is 6.48. The molecule has 3 aromatic rings. The van der Waals surface area contributed by atoms with Gasteiger partial charge in [0.05, 0.1) is 18.6 Å². The van der Waals surface area contributed by atoms with Crippen LogP contribution in [0.4, 0.5) is 4.39 Å². The summed E-state index contributed by atoms with van der Waals surface area (Å²) < 4.78 is 16.0. The molecule has 0 aliphatic carbocycles. The minimum Gasteiger partial charge on any atom is -0.357 e. The van der Waals surface area contributed by atoms with Gasteiger partial charge in [0.25, 0.3) is 0 Å². The summed E-state index contributed by atoms with van der Waals surface area (Å²) in [5.41, 5.74) is 3.70. The first-order chi connectivity index (χ1) is 13.2. The zero-order chi connectivity index (χ0) is 19.1. The van der Waals surface area contributed by atoms with Crippen LogP contribution in [0, 0.1) is 12.7 Å². The predicted molar refractivity (Wildman–Crippen MR) is 106 cm³/mol. The van der Waals surface area contributed by atoms with E-state index < -0.39 is 0 Å². The van der Waals surface area contributed by atoms with Crippen LogP contribution in [0.3, 0.4) is 0 Å². The van der Waals surface area contributed by atoms with E-state index in [1.54, 1.807) is 29.4 Å². The summed E-state index contributed by atoms with van der Waals surface area (Å²) in [6.45, 7) is 5.92. The fraction of sp³-hybridized carbons (Fsp3) is 0.238. The maximum Gasteiger partial charge on any atom is 0.191 e. The van der Waals surface area contributed by atoms with Crippen molar-refractivity contribution >= 4 is 5.96 Å². The van der Waals surface area contributed by atoms with Crippen LogP contribution in [0.15, 0.2) is 66.2 Å². The lowest BCUT2D eigenvalue weighted by Crippen LogP contribution is -2.36. The van der Waals surface area contributed by atoms with Gasteiger partial charge >= 0.3 is 0 Å². The van der Waals surface area contributed by atoms with Gasteiger partial charge in [-0.1, -0.05) is 35.9 Å². The third-order valence-electron chi connectivity index (χ3n) is 4.10. The van der Waals surface area contributed by atoms with Gasteiger partial charge in [-0.15, -0.1) is 0 Å². The molecular weight excluding hydrogens is 341 g/mol. The minimum atomic E-state index is -0.283. The molecule has 27 heavy (non-hydrogen) atoms. The van der Waals surface area contributed by atoms with Crippen molar-refractivity contribution in [3.05, 3.63) is 83.7 Å². The second kappa shape index (κ2) is 8.98. The van der Waals surface area contributed by atoms with Gasteiger partial charge in [-0.2, -0.15) is 0 Å². The van der Waals surface area contributed by atoms with E-state index in [-0.39, 0.29) is 5.82 Å². The molecule has 0 bridgehead atoms. The van der Waals surface area contributed by atoms with Crippen molar-refractivity contribution in [2.75, 3.05) is 6.54 Å². The largest absolute Gasteiger partial charge is 0.357 e. The van der Waals surface area contributed by atoms with Crippen molar-refractivity contribution in [2.24, 2.45) is 4.99 Å². The Morgan fingerprint density at radius 1 is 1.15 bits per heavy atom. The first-order valence-corrected chi connectivity index (χ1v) is 9.00. The number of guanidine groups is 1. The SMILES string of the molecule is CCNC(=NCc1cccc(C)c1)NCc1ccc(-n2ccnc2)c(F)c1. The summed E-state index contributed by atoms with van der Waals surface area (Å²) in [7, 11) is 0. The Bertz CT molecular complexity index is 903. The lowest BCUT2D eigenvalue weighted by atomic mass is 10.1. The van der Waals surface area contributed by atoms with Crippen molar-refractivity contribution < 1.29 is 4.39 Å². The van der Waals surface area contributed by atoms with Gasteiger partial charge in [0.2, 0.25) is 0 Å². The molecule has 2 N–H and O–H groups in total. The van der Waals surface area contributed by atoms with Gasteiger partial charge in [0.15, 0.2) is 5.96 Å². The Morgan fingerprint density at radius 2 is 2.04 bits per heavy atom. The Hall–Kier alpha value is -3.15. The number of aromatic nitrogens is 2. The maximum absolute atomic E-state index is 14.4. The zero-order valence-electron chi connectivity index (χ0n) is 15.6. The maximum atomic E-state index is 14.4. The molecule has 0 unspecified atom stereocenters. The molecule has 3 rings (SSSR count). The van der Waals surface area contributed by atoms with Gasteiger partial charge in [0, 0.05) is 25.5 Å². The highest BCUT2D eigenvalue weighted by Crippen LogP contribution is 2.15. The third kappa shape index (κ3) is 5.17. The number of aliphatic imine (C=N–C) groups is 1. The third-order valence-corrected chi connectivity index (χ3v) is 4.10. The number of nitrogens with one attached hydrogen (secondary N) is 2. The molecular formula is C21H24FN5. The Morgan fingerprint density at radius 3 is 2.74 bits per heavy atom. The molecule has 1 heterocycles. The second-order valence-corrected chi connectivity index (χ2v) is 6.29. The van der Waals surface area contributed by atoms with Gasteiger partial charge in [-0.05, 0) is 37.1 Å². The predicted octanol–water partition coefficient (Wildman–Crippen LogP) is 3.58. The number of rotatable bonds is 6. The molecule has 0 aliphatic heterocycles. The Labute approximate surface area is 159 Å². The van der Waals surface area contributed by atoms with Crippen LogP contribution < -0.4 is 10.6 Å². The molecule has 0 saturated carbocycles. The summed E-state index contributed by atoms with van der Waals surface area (Å²) in [4.78, 5) is 8.56. The average molecular weight is 365 g/mol. The van der Waals surface area contributed by atoms with E-state index in [1.807, 2.05) is 19.1 Å². The smallest absolute Gasteiger partial charge is 0.191 e. The molecule has 1 aromatic heterocycles. The molecule has 0 atom stereocenters. The van der Waals surface area contributed by atoms with Crippen LogP contribution in [0.25, 0.3) is 5.69 Å². The van der Waals surface area contributed by atoms with Crippen molar-refractivity contribution in [2.45, 2.75) is 26.9 Å². The molecule has 0 amide bonds. The normalized spacial score (nSPS) is 11.4. The average Bonchev–Trinajstić information content (AvgIpc) is 3.18. The van der Waals surface area contributed by atoms with Crippen LogP contribution >= 0.6 is 0 Å². The second-order valence-electron chi connectivity index (χ2n) is 6.29. The van der Waals surface area contributed by atoms with Gasteiger partial charge in [-0.25, -0.2) is 14.4 Å². The lowest BCUT2D eigenvalue weighted by molar-refractivity contribution is 0.615. The molecule has 0 aliphatic rings. The van der Waals surface area contributed by atoms with Gasteiger partial charge in [0.1, 0.15) is 5.82 Å².